The molecule has 0 aliphatic rings. The van der Waals surface area contributed by atoms with Crippen LogP contribution < -0.4 is 5.32 Å². The lowest BCUT2D eigenvalue weighted by Gasteiger charge is -2.05. The number of unbranched alkanes of at least 4 members (excludes halogenated alkanes) is 5. The summed E-state index contributed by atoms with van der Waals surface area (Å²) in [5, 5.41) is 4.68. The van der Waals surface area contributed by atoms with Crippen molar-refractivity contribution in [3.63, 3.8) is 0 Å². The SMILES string of the molecule is CCCCCCCCn1cc(CCNC)c2ccccc21. The molecule has 1 heterocycles. The van der Waals surface area contributed by atoms with Gasteiger partial charge in [-0.15, -0.1) is 0 Å². The van der Waals surface area contributed by atoms with Gasteiger partial charge >= 0.3 is 0 Å². The number of nitrogens with one attached hydrogen (secondary N) is 1. The van der Waals surface area contributed by atoms with Crippen LogP contribution in [0.4, 0.5) is 0 Å². The summed E-state index contributed by atoms with van der Waals surface area (Å²) in [5.74, 6) is 0. The zero-order valence-electron chi connectivity index (χ0n) is 13.7. The molecule has 1 aromatic carbocycles. The predicted molar refractivity (Wildman–Crippen MR) is 92.9 cm³/mol. The van der Waals surface area contributed by atoms with E-state index in [4.69, 9.17) is 0 Å². The molecule has 0 saturated carbocycles. The van der Waals surface area contributed by atoms with E-state index in [1.165, 1.54) is 55.0 Å². The third-order valence-corrected chi connectivity index (χ3v) is 4.27. The molecule has 2 aromatic rings. The average molecular weight is 286 g/mol. The number of likely N-dealkylation sites (N-methyl/N-ethyl adjacent to an activating group) is 1. The molecule has 0 bridgehead atoms. The van der Waals surface area contributed by atoms with Crippen LogP contribution in [0.3, 0.4) is 0 Å². The molecular weight excluding hydrogens is 256 g/mol. The third-order valence-electron chi connectivity index (χ3n) is 4.27. The highest BCUT2D eigenvalue weighted by Crippen LogP contribution is 2.22. The molecule has 0 aliphatic heterocycles. The molecule has 0 radical (unpaired) electrons. The number of fused-ring (bicyclic) bond motifs is 1. The van der Waals surface area contributed by atoms with Crippen LogP contribution in [0.5, 0.6) is 0 Å². The fourth-order valence-corrected chi connectivity index (χ4v) is 3.03. The van der Waals surface area contributed by atoms with Crippen molar-refractivity contribution >= 4 is 10.9 Å². The van der Waals surface area contributed by atoms with Crippen LogP contribution in [0, 0.1) is 0 Å². The lowest BCUT2D eigenvalue weighted by molar-refractivity contribution is 0.565. The fourth-order valence-electron chi connectivity index (χ4n) is 3.03. The maximum atomic E-state index is 3.25. The first kappa shape index (κ1) is 16.1. The largest absolute Gasteiger partial charge is 0.347 e. The predicted octanol–water partition coefficient (Wildman–Crippen LogP) is 4.76. The van der Waals surface area contributed by atoms with E-state index in [0.29, 0.717) is 0 Å². The van der Waals surface area contributed by atoms with Crippen LogP contribution in [0.2, 0.25) is 0 Å². The number of hydrogen-bond acceptors (Lipinski definition) is 1. The van der Waals surface area contributed by atoms with Crippen molar-refractivity contribution in [2.24, 2.45) is 0 Å². The van der Waals surface area contributed by atoms with Gasteiger partial charge in [-0.3, -0.25) is 0 Å². The second-order valence-corrected chi connectivity index (χ2v) is 5.99. The molecule has 116 valence electrons. The van der Waals surface area contributed by atoms with Crippen LogP contribution in [-0.2, 0) is 13.0 Å². The Hall–Kier alpha value is -1.28. The minimum Gasteiger partial charge on any atom is -0.347 e. The van der Waals surface area contributed by atoms with Crippen molar-refractivity contribution in [1.82, 2.24) is 9.88 Å². The number of para-hydroxylation sites is 1. The Bertz CT molecular complexity index is 527. The summed E-state index contributed by atoms with van der Waals surface area (Å²) in [6.45, 7) is 4.48. The first-order valence-corrected chi connectivity index (χ1v) is 8.58. The standard InChI is InChI=1S/C19H30N2/c1-3-4-5-6-7-10-15-21-16-17(13-14-20-2)18-11-8-9-12-19(18)21/h8-9,11-12,16,20H,3-7,10,13-15H2,1-2H3. The highest BCUT2D eigenvalue weighted by atomic mass is 15.0. The van der Waals surface area contributed by atoms with Crippen molar-refractivity contribution in [3.05, 3.63) is 36.0 Å². The Morgan fingerprint density at radius 1 is 1.00 bits per heavy atom. The van der Waals surface area contributed by atoms with Gasteiger partial charge in [0.15, 0.2) is 0 Å². The zero-order valence-corrected chi connectivity index (χ0v) is 13.7. The fraction of sp³-hybridized carbons (Fsp3) is 0.579. The van der Waals surface area contributed by atoms with E-state index in [9.17, 15) is 0 Å². The minimum atomic E-state index is 1.05. The number of hydrogen-bond donors (Lipinski definition) is 1. The van der Waals surface area contributed by atoms with Gasteiger partial charge in [-0.1, -0.05) is 57.2 Å². The third kappa shape index (κ3) is 4.60. The second kappa shape index (κ2) is 8.89. The number of benzene rings is 1. The van der Waals surface area contributed by atoms with Gasteiger partial charge < -0.3 is 9.88 Å². The van der Waals surface area contributed by atoms with E-state index >= 15 is 0 Å². The molecule has 0 amide bonds. The Labute approximate surface area is 129 Å². The molecule has 0 atom stereocenters. The van der Waals surface area contributed by atoms with E-state index in [1.54, 1.807) is 0 Å². The summed E-state index contributed by atoms with van der Waals surface area (Å²) in [7, 11) is 2.02. The molecule has 2 rings (SSSR count). The lowest BCUT2D eigenvalue weighted by atomic mass is 10.1. The van der Waals surface area contributed by atoms with Crippen LogP contribution in [-0.4, -0.2) is 18.2 Å². The number of aryl methyl sites for hydroxylation is 1. The zero-order chi connectivity index (χ0) is 14.9. The summed E-state index contributed by atoms with van der Waals surface area (Å²) >= 11 is 0. The van der Waals surface area contributed by atoms with Gasteiger partial charge in [-0.2, -0.15) is 0 Å². The monoisotopic (exact) mass is 286 g/mol. The Kier molecular flexibility index (Phi) is 6.81. The lowest BCUT2D eigenvalue weighted by Crippen LogP contribution is -2.10. The minimum absolute atomic E-state index is 1.05. The van der Waals surface area contributed by atoms with Gasteiger partial charge in [-0.25, -0.2) is 0 Å². The van der Waals surface area contributed by atoms with Crippen molar-refractivity contribution in [1.29, 1.82) is 0 Å². The normalized spacial score (nSPS) is 11.3. The van der Waals surface area contributed by atoms with Gasteiger partial charge in [0.2, 0.25) is 0 Å². The molecule has 2 nitrogen and oxygen atoms in total. The number of nitrogens with zero attached hydrogens (tertiary/aromatic N) is 1. The first-order valence-electron chi connectivity index (χ1n) is 8.58. The van der Waals surface area contributed by atoms with Gasteiger partial charge in [0.25, 0.3) is 0 Å². The summed E-state index contributed by atoms with van der Waals surface area (Å²) in [6.07, 6.45) is 11.6. The Morgan fingerprint density at radius 2 is 1.76 bits per heavy atom. The molecule has 0 saturated heterocycles. The maximum absolute atomic E-state index is 3.25. The van der Waals surface area contributed by atoms with Crippen molar-refractivity contribution in [2.75, 3.05) is 13.6 Å². The van der Waals surface area contributed by atoms with Gasteiger partial charge in [0.1, 0.15) is 0 Å². The smallest absolute Gasteiger partial charge is 0.0483 e. The van der Waals surface area contributed by atoms with Crippen molar-refractivity contribution < 1.29 is 0 Å². The molecule has 0 spiro atoms. The first-order chi connectivity index (χ1) is 10.4. The van der Waals surface area contributed by atoms with Gasteiger partial charge in [0, 0.05) is 23.6 Å². The van der Waals surface area contributed by atoms with E-state index in [-0.39, 0.29) is 0 Å². The van der Waals surface area contributed by atoms with E-state index in [1.807, 2.05) is 7.05 Å². The van der Waals surface area contributed by atoms with Gasteiger partial charge in [-0.05, 0) is 38.1 Å². The van der Waals surface area contributed by atoms with Crippen LogP contribution in [0.15, 0.2) is 30.5 Å². The van der Waals surface area contributed by atoms with Crippen molar-refractivity contribution in [3.8, 4) is 0 Å². The maximum Gasteiger partial charge on any atom is 0.0483 e. The molecular formula is C19H30N2. The van der Waals surface area contributed by atoms with Crippen LogP contribution in [0.1, 0.15) is 51.0 Å². The van der Waals surface area contributed by atoms with E-state index < -0.39 is 0 Å². The highest BCUT2D eigenvalue weighted by Gasteiger charge is 2.07. The number of rotatable bonds is 10. The van der Waals surface area contributed by atoms with Crippen molar-refractivity contribution in [2.45, 2.75) is 58.4 Å². The Balaban J connectivity index is 1.95. The van der Waals surface area contributed by atoms with Gasteiger partial charge in [0.05, 0.1) is 0 Å². The topological polar surface area (TPSA) is 17.0 Å². The summed E-state index contributed by atoms with van der Waals surface area (Å²) < 4.78 is 2.46. The molecule has 0 fully saturated rings. The van der Waals surface area contributed by atoms with Crippen LogP contribution >= 0.6 is 0 Å². The number of aromatic nitrogens is 1. The summed E-state index contributed by atoms with van der Waals surface area (Å²) in [4.78, 5) is 0. The molecule has 1 aromatic heterocycles. The summed E-state index contributed by atoms with van der Waals surface area (Å²) in [5.41, 5.74) is 2.88. The quantitative estimate of drug-likeness (QED) is 0.623. The molecule has 0 unspecified atom stereocenters. The van der Waals surface area contributed by atoms with E-state index in [2.05, 4.69) is 47.3 Å². The second-order valence-electron chi connectivity index (χ2n) is 5.99. The summed E-state index contributed by atoms with van der Waals surface area (Å²) in [6, 6.07) is 8.83. The molecule has 2 heteroatoms. The highest BCUT2D eigenvalue weighted by molar-refractivity contribution is 5.84. The molecule has 1 N–H and O–H groups in total. The molecule has 21 heavy (non-hydrogen) atoms. The average Bonchev–Trinajstić information content (AvgIpc) is 2.87. The Morgan fingerprint density at radius 3 is 2.57 bits per heavy atom. The van der Waals surface area contributed by atoms with Crippen LogP contribution in [0.25, 0.3) is 10.9 Å². The van der Waals surface area contributed by atoms with E-state index in [0.717, 1.165) is 19.5 Å². The molecule has 0 aliphatic carbocycles.